The lowest BCUT2D eigenvalue weighted by molar-refractivity contribution is -0.161. The molecule has 0 aromatic heterocycles. The molecule has 62 heavy (non-hydrogen) atoms. The molecule has 1 N–H and O–H groups in total. The fourth-order valence-electron chi connectivity index (χ4n) is 7.52. The maximum atomic E-state index is 12.3. The van der Waals surface area contributed by atoms with Crippen LogP contribution in [0.2, 0.25) is 0 Å². The van der Waals surface area contributed by atoms with Gasteiger partial charge in [-0.2, -0.15) is 0 Å². The van der Waals surface area contributed by atoms with Crippen molar-refractivity contribution in [3.05, 3.63) is 72.9 Å². The van der Waals surface area contributed by atoms with E-state index < -0.39 is 6.10 Å². The van der Waals surface area contributed by atoms with Crippen LogP contribution in [-0.4, -0.2) is 36.4 Å². The highest BCUT2D eigenvalue weighted by molar-refractivity contribution is 5.70. The molecule has 358 valence electrons. The number of hydrogen-bond donors (Lipinski definition) is 1. The topological polar surface area (TPSA) is 72.8 Å². The van der Waals surface area contributed by atoms with Gasteiger partial charge in [-0.1, -0.05) is 234 Å². The first kappa shape index (κ1) is 59.3. The van der Waals surface area contributed by atoms with Gasteiger partial charge in [0.25, 0.3) is 0 Å². The molecular weight excluding hydrogens is 765 g/mol. The third kappa shape index (κ3) is 50.0. The molecule has 1 atom stereocenters. The van der Waals surface area contributed by atoms with Crippen LogP contribution in [0.4, 0.5) is 0 Å². The monoisotopic (exact) mass is 865 g/mol. The van der Waals surface area contributed by atoms with Crippen molar-refractivity contribution in [2.45, 2.75) is 264 Å². The van der Waals surface area contributed by atoms with Crippen LogP contribution in [0.15, 0.2) is 72.9 Å². The van der Waals surface area contributed by atoms with Crippen molar-refractivity contribution in [1.82, 2.24) is 0 Å². The van der Waals surface area contributed by atoms with Crippen molar-refractivity contribution >= 4 is 11.9 Å². The predicted octanol–water partition coefficient (Wildman–Crippen LogP) is 17.6. The maximum Gasteiger partial charge on any atom is 0.306 e. The predicted molar refractivity (Wildman–Crippen MR) is 270 cm³/mol. The first-order chi connectivity index (χ1) is 30.6. The molecule has 0 fully saturated rings. The SMILES string of the molecule is CC/C=C\C/C=C\C/C=C\C/C=C\CCCCCCCCCCCCCCC(=O)OC(CO)COC(=O)CCCCCCCCCCCCC/C=C\C/C=C\CCCCCCC. The minimum Gasteiger partial charge on any atom is -0.462 e. The van der Waals surface area contributed by atoms with Crippen molar-refractivity contribution < 1.29 is 24.2 Å². The van der Waals surface area contributed by atoms with Crippen LogP contribution in [0.1, 0.15) is 258 Å². The number of rotatable bonds is 48. The van der Waals surface area contributed by atoms with Crippen molar-refractivity contribution in [2.24, 2.45) is 0 Å². The standard InChI is InChI=1S/C57H100O5/c1-3-5-7-9-11-13-15-17-19-21-23-25-27-28-30-32-34-36-38-40-42-44-46-48-50-52-57(60)62-55(53-58)54-61-56(59)51-49-47-45-43-41-39-37-35-33-31-29-26-24-22-20-18-16-14-12-10-8-6-4-2/h5,7,11,13,16-19,22-25,55,58H,3-4,6,8-10,12,14-15,20-21,26-54H2,1-2H3/b7-5-,13-11-,18-16-,19-17-,24-22-,25-23-. The van der Waals surface area contributed by atoms with E-state index in [2.05, 4.69) is 86.8 Å². The quantitative estimate of drug-likeness (QED) is 0.0375. The Hall–Kier alpha value is -2.66. The Labute approximate surface area is 384 Å². The zero-order chi connectivity index (χ0) is 44.9. The number of hydrogen-bond acceptors (Lipinski definition) is 5. The van der Waals surface area contributed by atoms with Gasteiger partial charge in [-0.15, -0.1) is 0 Å². The lowest BCUT2D eigenvalue weighted by Crippen LogP contribution is -2.28. The van der Waals surface area contributed by atoms with E-state index in [1.54, 1.807) is 0 Å². The number of aliphatic hydroxyl groups is 1. The molecule has 0 aliphatic carbocycles. The van der Waals surface area contributed by atoms with Gasteiger partial charge < -0.3 is 14.6 Å². The van der Waals surface area contributed by atoms with Crippen LogP contribution in [0.25, 0.3) is 0 Å². The van der Waals surface area contributed by atoms with Gasteiger partial charge in [-0.25, -0.2) is 0 Å². The van der Waals surface area contributed by atoms with Crippen LogP contribution < -0.4 is 0 Å². The highest BCUT2D eigenvalue weighted by atomic mass is 16.6. The van der Waals surface area contributed by atoms with Crippen molar-refractivity contribution in [3.8, 4) is 0 Å². The normalized spacial score (nSPS) is 12.8. The largest absolute Gasteiger partial charge is 0.462 e. The Bertz CT molecular complexity index is 1110. The molecule has 0 bridgehead atoms. The summed E-state index contributed by atoms with van der Waals surface area (Å²) in [5.74, 6) is -0.590. The summed E-state index contributed by atoms with van der Waals surface area (Å²) in [6.45, 7) is 4.03. The summed E-state index contributed by atoms with van der Waals surface area (Å²) >= 11 is 0. The lowest BCUT2D eigenvalue weighted by atomic mass is 10.0. The van der Waals surface area contributed by atoms with Gasteiger partial charge in [0.1, 0.15) is 6.61 Å². The van der Waals surface area contributed by atoms with Crippen LogP contribution in [-0.2, 0) is 19.1 Å². The zero-order valence-corrected chi connectivity index (χ0v) is 40.9. The summed E-state index contributed by atoms with van der Waals surface area (Å²) in [5.41, 5.74) is 0. The lowest BCUT2D eigenvalue weighted by Gasteiger charge is -2.15. The van der Waals surface area contributed by atoms with Gasteiger partial charge in [0.15, 0.2) is 6.10 Å². The molecule has 0 aliphatic rings. The average molecular weight is 865 g/mol. The summed E-state index contributed by atoms with van der Waals surface area (Å²) in [6, 6.07) is 0. The number of allylic oxidation sites excluding steroid dienone is 12. The average Bonchev–Trinajstić information content (AvgIpc) is 3.28. The van der Waals surface area contributed by atoms with E-state index in [1.807, 2.05) is 0 Å². The van der Waals surface area contributed by atoms with Crippen LogP contribution >= 0.6 is 0 Å². The Morgan fingerprint density at radius 2 is 0.694 bits per heavy atom. The molecule has 0 rings (SSSR count). The van der Waals surface area contributed by atoms with Crippen LogP contribution in [0, 0.1) is 0 Å². The second kappa shape index (κ2) is 52.7. The number of ether oxygens (including phenoxy) is 2. The molecule has 0 aromatic rings. The van der Waals surface area contributed by atoms with E-state index in [9.17, 15) is 14.7 Å². The van der Waals surface area contributed by atoms with Crippen molar-refractivity contribution in [1.29, 1.82) is 0 Å². The van der Waals surface area contributed by atoms with Crippen LogP contribution in [0.5, 0.6) is 0 Å². The number of carbonyl (C=O) groups is 2. The summed E-state index contributed by atoms with van der Waals surface area (Å²) < 4.78 is 10.7. The second-order valence-electron chi connectivity index (χ2n) is 17.6. The summed E-state index contributed by atoms with van der Waals surface area (Å²) in [4.78, 5) is 24.5. The molecule has 0 spiro atoms. The first-order valence-corrected chi connectivity index (χ1v) is 26.5. The number of aliphatic hydroxyl groups excluding tert-OH is 1. The smallest absolute Gasteiger partial charge is 0.306 e. The van der Waals surface area contributed by atoms with E-state index in [0.717, 1.165) is 70.6 Å². The fraction of sp³-hybridized carbons (Fsp3) is 0.754. The summed E-state index contributed by atoms with van der Waals surface area (Å²) in [7, 11) is 0. The van der Waals surface area contributed by atoms with E-state index in [0.29, 0.717) is 12.8 Å². The van der Waals surface area contributed by atoms with Gasteiger partial charge in [-0.05, 0) is 83.5 Å². The highest BCUT2D eigenvalue weighted by Crippen LogP contribution is 2.15. The molecule has 0 aliphatic heterocycles. The van der Waals surface area contributed by atoms with E-state index in [1.165, 1.54) is 161 Å². The Morgan fingerprint density at radius 1 is 0.387 bits per heavy atom. The Balaban J connectivity index is 3.50. The van der Waals surface area contributed by atoms with Gasteiger partial charge >= 0.3 is 11.9 Å². The van der Waals surface area contributed by atoms with E-state index >= 15 is 0 Å². The van der Waals surface area contributed by atoms with Crippen LogP contribution in [0.3, 0.4) is 0 Å². The molecule has 1 unspecified atom stereocenters. The van der Waals surface area contributed by atoms with E-state index in [4.69, 9.17) is 9.47 Å². The summed E-state index contributed by atoms with van der Waals surface area (Å²) in [6.07, 6.45) is 71.4. The maximum absolute atomic E-state index is 12.3. The Kier molecular flexibility index (Phi) is 50.4. The number of unbranched alkanes of at least 4 members (excludes halogenated alkanes) is 28. The molecule has 0 heterocycles. The van der Waals surface area contributed by atoms with E-state index in [-0.39, 0.29) is 25.2 Å². The van der Waals surface area contributed by atoms with Crippen molar-refractivity contribution in [3.63, 3.8) is 0 Å². The molecular formula is C57H100O5. The molecule has 5 nitrogen and oxygen atoms in total. The summed E-state index contributed by atoms with van der Waals surface area (Å²) in [5, 5.41) is 9.64. The molecule has 0 aromatic carbocycles. The third-order valence-corrected chi connectivity index (χ3v) is 11.5. The minimum atomic E-state index is -0.777. The molecule has 0 saturated carbocycles. The molecule has 0 saturated heterocycles. The highest BCUT2D eigenvalue weighted by Gasteiger charge is 2.16. The van der Waals surface area contributed by atoms with Gasteiger partial charge in [0.05, 0.1) is 6.61 Å². The van der Waals surface area contributed by atoms with Gasteiger partial charge in [0.2, 0.25) is 0 Å². The van der Waals surface area contributed by atoms with Crippen molar-refractivity contribution in [2.75, 3.05) is 13.2 Å². The zero-order valence-electron chi connectivity index (χ0n) is 40.9. The Morgan fingerprint density at radius 3 is 1.05 bits per heavy atom. The third-order valence-electron chi connectivity index (χ3n) is 11.5. The molecule has 0 amide bonds. The van der Waals surface area contributed by atoms with Gasteiger partial charge in [0, 0.05) is 12.8 Å². The van der Waals surface area contributed by atoms with Gasteiger partial charge in [-0.3, -0.25) is 9.59 Å². The fourth-order valence-corrected chi connectivity index (χ4v) is 7.52. The first-order valence-electron chi connectivity index (χ1n) is 26.5. The second-order valence-corrected chi connectivity index (χ2v) is 17.6. The molecule has 0 radical (unpaired) electrons. The minimum absolute atomic E-state index is 0.0687. The molecule has 5 heteroatoms. The number of carbonyl (C=O) groups excluding carboxylic acids is 2. The number of esters is 2.